The lowest BCUT2D eigenvalue weighted by molar-refractivity contribution is 0.324. The van der Waals surface area contributed by atoms with Gasteiger partial charge in [-0.1, -0.05) is 48.0 Å². The highest BCUT2D eigenvalue weighted by atomic mass is 35.5. The van der Waals surface area contributed by atoms with Crippen molar-refractivity contribution >= 4 is 39.2 Å². The molecule has 6 aromatic rings. The Morgan fingerprint density at radius 3 is 2.30 bits per heavy atom. The SMILES string of the molecule is COc1cc(-c2cccc3c(Cl)c([C@H](C)Nc4ncnc5[nH]ccc(=O)c45)n(-c4ccccc4)c(=O)c23)cc(OC)c1OC. The number of aromatic amines is 1. The Hall–Kier alpha value is -5.35. The molecule has 0 aliphatic heterocycles. The van der Waals surface area contributed by atoms with E-state index in [1.807, 2.05) is 55.5 Å². The Labute approximate surface area is 256 Å². The zero-order chi connectivity index (χ0) is 31.0. The molecule has 3 heterocycles. The third kappa shape index (κ3) is 4.79. The Morgan fingerprint density at radius 2 is 1.61 bits per heavy atom. The van der Waals surface area contributed by atoms with Crippen LogP contribution < -0.4 is 30.5 Å². The summed E-state index contributed by atoms with van der Waals surface area (Å²) in [6.07, 6.45) is 2.90. The van der Waals surface area contributed by atoms with E-state index in [4.69, 9.17) is 25.8 Å². The van der Waals surface area contributed by atoms with Gasteiger partial charge in [0.25, 0.3) is 5.56 Å². The maximum Gasteiger partial charge on any atom is 0.263 e. The van der Waals surface area contributed by atoms with Crippen LogP contribution >= 0.6 is 11.6 Å². The van der Waals surface area contributed by atoms with E-state index in [0.717, 1.165) is 0 Å². The second kappa shape index (κ2) is 11.7. The third-order valence-electron chi connectivity index (χ3n) is 7.49. The molecular weight excluding hydrogens is 582 g/mol. The van der Waals surface area contributed by atoms with Crippen LogP contribution in [-0.2, 0) is 0 Å². The van der Waals surface area contributed by atoms with E-state index in [1.165, 1.54) is 25.7 Å². The van der Waals surface area contributed by atoms with Gasteiger partial charge in [0, 0.05) is 23.3 Å². The van der Waals surface area contributed by atoms with Gasteiger partial charge in [-0.25, -0.2) is 9.97 Å². The van der Waals surface area contributed by atoms with Crippen LogP contribution in [0.5, 0.6) is 17.2 Å². The van der Waals surface area contributed by atoms with Crippen molar-refractivity contribution in [2.24, 2.45) is 0 Å². The predicted octanol–water partition coefficient (Wildman–Crippen LogP) is 6.14. The van der Waals surface area contributed by atoms with Crippen molar-refractivity contribution in [1.82, 2.24) is 19.5 Å². The molecule has 0 amide bonds. The maximum absolute atomic E-state index is 14.7. The minimum atomic E-state index is -0.567. The molecule has 0 bridgehead atoms. The Balaban J connectivity index is 1.62. The van der Waals surface area contributed by atoms with Gasteiger partial charge >= 0.3 is 0 Å². The smallest absolute Gasteiger partial charge is 0.263 e. The van der Waals surface area contributed by atoms with Gasteiger partial charge in [-0.15, -0.1) is 0 Å². The van der Waals surface area contributed by atoms with Crippen molar-refractivity contribution in [3.63, 3.8) is 0 Å². The molecular formula is C33H28ClN5O5. The molecule has 0 fully saturated rings. The number of para-hydroxylation sites is 1. The predicted molar refractivity (Wildman–Crippen MR) is 172 cm³/mol. The largest absolute Gasteiger partial charge is 0.493 e. The molecule has 0 spiro atoms. The van der Waals surface area contributed by atoms with Gasteiger partial charge in [0.1, 0.15) is 23.2 Å². The summed E-state index contributed by atoms with van der Waals surface area (Å²) in [7, 11) is 4.62. The van der Waals surface area contributed by atoms with E-state index in [1.54, 1.807) is 30.9 Å². The topological polar surface area (TPSA) is 120 Å². The lowest BCUT2D eigenvalue weighted by atomic mass is 9.97. The lowest BCUT2D eigenvalue weighted by Crippen LogP contribution is -2.27. The number of ether oxygens (including phenoxy) is 3. The fraction of sp³-hybridized carbons (Fsp3) is 0.152. The average Bonchev–Trinajstić information content (AvgIpc) is 3.05. The zero-order valence-corrected chi connectivity index (χ0v) is 25.1. The van der Waals surface area contributed by atoms with E-state index in [0.29, 0.717) is 72.4 Å². The number of pyridine rings is 2. The number of methoxy groups -OCH3 is 3. The Kier molecular flexibility index (Phi) is 7.67. The van der Waals surface area contributed by atoms with E-state index in [-0.39, 0.29) is 11.0 Å². The van der Waals surface area contributed by atoms with Gasteiger partial charge in [-0.2, -0.15) is 0 Å². The molecule has 0 aliphatic rings. The quantitative estimate of drug-likeness (QED) is 0.211. The highest BCUT2D eigenvalue weighted by Gasteiger charge is 2.25. The van der Waals surface area contributed by atoms with Gasteiger partial charge in [0.05, 0.1) is 43.5 Å². The Morgan fingerprint density at radius 1 is 0.886 bits per heavy atom. The van der Waals surface area contributed by atoms with Gasteiger partial charge in [-0.05, 0) is 42.3 Å². The molecule has 44 heavy (non-hydrogen) atoms. The maximum atomic E-state index is 14.7. The van der Waals surface area contributed by atoms with Crippen molar-refractivity contribution in [1.29, 1.82) is 0 Å². The van der Waals surface area contributed by atoms with Crippen LogP contribution in [0.15, 0.2) is 88.8 Å². The standard InChI is InChI=1S/C33H28ClN5O5/c1-18(38-32-27-23(40)13-14-35-31(27)36-17-37-32)29-28(34)22-12-8-11-21(19-15-24(42-2)30(44-4)25(16-19)43-3)26(22)33(41)39(29)20-9-6-5-7-10-20/h5-18H,1-4H3,(H2,35,36,37,38,40)/t18-/m0/s1. The first-order valence-corrected chi connectivity index (χ1v) is 14.1. The summed E-state index contributed by atoms with van der Waals surface area (Å²) in [5.41, 5.74) is 2.30. The number of anilines is 1. The molecule has 11 heteroatoms. The van der Waals surface area contributed by atoms with Gasteiger partial charge in [0.15, 0.2) is 16.9 Å². The molecule has 0 radical (unpaired) electrons. The fourth-order valence-corrected chi connectivity index (χ4v) is 5.91. The summed E-state index contributed by atoms with van der Waals surface area (Å²) in [5, 5.41) is 4.95. The van der Waals surface area contributed by atoms with Crippen LogP contribution in [0.1, 0.15) is 18.7 Å². The molecule has 6 rings (SSSR count). The monoisotopic (exact) mass is 609 g/mol. The summed E-state index contributed by atoms with van der Waals surface area (Å²) < 4.78 is 18.3. The number of nitrogens with zero attached hydrogens (tertiary/aromatic N) is 3. The average molecular weight is 610 g/mol. The zero-order valence-electron chi connectivity index (χ0n) is 24.3. The molecule has 1 atom stereocenters. The number of rotatable bonds is 8. The van der Waals surface area contributed by atoms with Crippen molar-refractivity contribution in [2.75, 3.05) is 26.6 Å². The number of benzene rings is 3. The summed E-state index contributed by atoms with van der Waals surface area (Å²) in [4.78, 5) is 38.9. The van der Waals surface area contributed by atoms with Crippen LogP contribution in [-0.4, -0.2) is 40.8 Å². The summed E-state index contributed by atoms with van der Waals surface area (Å²) in [6.45, 7) is 1.86. The van der Waals surface area contributed by atoms with Gasteiger partial charge < -0.3 is 24.5 Å². The van der Waals surface area contributed by atoms with Crippen molar-refractivity contribution in [2.45, 2.75) is 13.0 Å². The summed E-state index contributed by atoms with van der Waals surface area (Å²) in [6, 6.07) is 19.2. The molecule has 2 N–H and O–H groups in total. The normalized spacial score (nSPS) is 11.8. The second-order valence-corrected chi connectivity index (χ2v) is 10.3. The van der Waals surface area contributed by atoms with Crippen LogP contribution in [0.25, 0.3) is 38.6 Å². The number of H-pyrrole nitrogens is 1. The molecule has 3 aromatic carbocycles. The highest BCUT2D eigenvalue weighted by molar-refractivity contribution is 6.36. The first-order chi connectivity index (χ1) is 21.4. The van der Waals surface area contributed by atoms with E-state index < -0.39 is 6.04 Å². The molecule has 0 unspecified atom stereocenters. The van der Waals surface area contributed by atoms with Crippen LogP contribution in [0, 0.1) is 0 Å². The number of halogens is 1. The third-order valence-corrected chi connectivity index (χ3v) is 7.88. The summed E-state index contributed by atoms with van der Waals surface area (Å²) in [5.74, 6) is 1.67. The van der Waals surface area contributed by atoms with Crippen LogP contribution in [0.2, 0.25) is 5.02 Å². The Bertz CT molecular complexity index is 2120. The number of aromatic nitrogens is 4. The molecule has 0 aliphatic carbocycles. The first-order valence-electron chi connectivity index (χ1n) is 13.7. The molecule has 222 valence electrons. The molecule has 10 nitrogen and oxygen atoms in total. The minimum Gasteiger partial charge on any atom is -0.493 e. The lowest BCUT2D eigenvalue weighted by Gasteiger charge is -2.24. The number of nitrogens with one attached hydrogen (secondary N) is 2. The van der Waals surface area contributed by atoms with Crippen molar-refractivity contribution in [3.8, 4) is 34.1 Å². The molecule has 0 saturated carbocycles. The first kappa shape index (κ1) is 28.8. The van der Waals surface area contributed by atoms with Crippen molar-refractivity contribution < 1.29 is 14.2 Å². The van der Waals surface area contributed by atoms with Crippen molar-refractivity contribution in [3.05, 3.63) is 111 Å². The number of fused-ring (bicyclic) bond motifs is 2. The van der Waals surface area contributed by atoms with Gasteiger partial charge in [-0.3, -0.25) is 14.2 Å². The van der Waals surface area contributed by atoms with Crippen LogP contribution in [0.4, 0.5) is 5.82 Å². The highest BCUT2D eigenvalue weighted by Crippen LogP contribution is 2.43. The fourth-order valence-electron chi connectivity index (χ4n) is 5.51. The minimum absolute atomic E-state index is 0.242. The molecule has 0 saturated heterocycles. The summed E-state index contributed by atoms with van der Waals surface area (Å²) >= 11 is 7.23. The molecule has 3 aromatic heterocycles. The van der Waals surface area contributed by atoms with Crippen LogP contribution in [0.3, 0.4) is 0 Å². The van der Waals surface area contributed by atoms with E-state index >= 15 is 0 Å². The van der Waals surface area contributed by atoms with Gasteiger partial charge in [0.2, 0.25) is 5.75 Å². The van der Waals surface area contributed by atoms with E-state index in [2.05, 4.69) is 20.3 Å². The second-order valence-electron chi connectivity index (χ2n) is 9.97. The number of hydrogen-bond donors (Lipinski definition) is 2. The number of hydrogen-bond acceptors (Lipinski definition) is 8. The van der Waals surface area contributed by atoms with E-state index in [9.17, 15) is 9.59 Å².